The average Bonchev–Trinajstić information content (AvgIpc) is 3.37. The zero-order chi connectivity index (χ0) is 22.8. The molecule has 0 aliphatic carbocycles. The number of fused-ring (bicyclic) bond motifs is 2. The molecule has 0 bridgehead atoms. The zero-order valence-electron chi connectivity index (χ0n) is 18.4. The summed E-state index contributed by atoms with van der Waals surface area (Å²) in [5, 5.41) is 2.85. The van der Waals surface area contributed by atoms with Gasteiger partial charge in [0.25, 0.3) is 11.7 Å². The number of H-pyrrole nitrogens is 1. The number of halogens is 1. The van der Waals surface area contributed by atoms with Crippen LogP contribution in [0, 0.1) is 0 Å². The predicted molar refractivity (Wildman–Crippen MR) is 116 cm³/mol. The first-order chi connectivity index (χ1) is 15.5. The van der Waals surface area contributed by atoms with Crippen LogP contribution in [0.3, 0.4) is 0 Å². The summed E-state index contributed by atoms with van der Waals surface area (Å²) < 4.78 is 14.0. The van der Waals surface area contributed by atoms with E-state index in [9.17, 15) is 9.59 Å². The Balaban J connectivity index is 0.00000306. The third-order valence-corrected chi connectivity index (χ3v) is 5.25. The largest absolute Gasteiger partial charge is 1.00 e. The number of nitrogen functional groups attached to an aromatic ring is 1. The summed E-state index contributed by atoms with van der Waals surface area (Å²) in [6, 6.07) is 7.30. The van der Waals surface area contributed by atoms with Crippen LogP contribution in [0.2, 0.25) is 0 Å². The van der Waals surface area contributed by atoms with Crippen molar-refractivity contribution in [1.82, 2.24) is 24.8 Å². The van der Waals surface area contributed by atoms with Crippen LogP contribution >= 0.6 is 0 Å². The number of nitrogens with two attached hydrogens (primary N) is 1. The van der Waals surface area contributed by atoms with Gasteiger partial charge < -0.3 is 42.5 Å². The number of aryl methyl sites for hydroxylation is 1. The third kappa shape index (κ3) is 4.46. The van der Waals surface area contributed by atoms with Gasteiger partial charge in [0, 0.05) is 12.3 Å². The Morgan fingerprint density at radius 2 is 2.03 bits per heavy atom. The quantitative estimate of drug-likeness (QED) is 0.188. The highest BCUT2D eigenvalue weighted by molar-refractivity contribution is 5.98. The molecule has 3 aromatic heterocycles. The number of anilines is 1. The van der Waals surface area contributed by atoms with E-state index in [1.165, 1.54) is 7.11 Å². The van der Waals surface area contributed by atoms with Crippen LogP contribution in [0.1, 0.15) is 23.2 Å². The van der Waals surface area contributed by atoms with Crippen molar-refractivity contribution < 1.29 is 40.6 Å². The molecule has 4 aromatic rings. The number of nitrogens with zero attached hydrogens (tertiary/aromatic N) is 4. The Labute approximate surface area is 199 Å². The van der Waals surface area contributed by atoms with Gasteiger partial charge in [0.2, 0.25) is 0 Å². The van der Waals surface area contributed by atoms with Crippen molar-refractivity contribution in [2.45, 2.75) is 26.6 Å². The molecule has 0 saturated heterocycles. The van der Waals surface area contributed by atoms with Crippen molar-refractivity contribution in [3.8, 4) is 5.75 Å². The molecule has 0 unspecified atom stereocenters. The summed E-state index contributed by atoms with van der Waals surface area (Å²) in [6.45, 7) is 2.72. The van der Waals surface area contributed by atoms with Crippen molar-refractivity contribution in [1.29, 1.82) is 0 Å². The minimum atomic E-state index is -0.465. The molecule has 1 amide bonds. The van der Waals surface area contributed by atoms with Gasteiger partial charge in [0.15, 0.2) is 34.7 Å². The van der Waals surface area contributed by atoms with Gasteiger partial charge in [-0.15, -0.1) is 0 Å². The van der Waals surface area contributed by atoms with E-state index < -0.39 is 11.9 Å². The molecule has 33 heavy (non-hydrogen) atoms. The number of carbonyl (C=O) groups is 2. The maximum atomic E-state index is 12.9. The van der Waals surface area contributed by atoms with Gasteiger partial charge in [-0.05, 0) is 25.1 Å². The summed E-state index contributed by atoms with van der Waals surface area (Å²) in [5.74, 6) is 0.563. The molecule has 11 nitrogen and oxygen atoms in total. The fourth-order valence-corrected chi connectivity index (χ4v) is 3.71. The maximum absolute atomic E-state index is 12.9. The predicted octanol–water partition coefficient (Wildman–Crippen LogP) is -2.08. The van der Waals surface area contributed by atoms with Crippen LogP contribution < -0.4 is 37.3 Å². The van der Waals surface area contributed by atoms with Crippen molar-refractivity contribution in [2.24, 2.45) is 0 Å². The van der Waals surface area contributed by atoms with E-state index in [0.717, 1.165) is 11.0 Å². The molecule has 3 heterocycles. The number of nitrogens with one attached hydrogen (secondary N) is 2. The van der Waals surface area contributed by atoms with E-state index in [-0.39, 0.29) is 41.6 Å². The topological polar surface area (TPSA) is 141 Å². The molecular weight excluding hydrogens is 494 g/mol. The number of methoxy groups -OCH3 is 2. The Morgan fingerprint density at radius 1 is 1.24 bits per heavy atom. The zero-order valence-corrected chi connectivity index (χ0v) is 20.0. The van der Waals surface area contributed by atoms with Crippen molar-refractivity contribution in [3.63, 3.8) is 0 Å². The van der Waals surface area contributed by atoms with Crippen LogP contribution in [-0.4, -0.2) is 45.6 Å². The lowest BCUT2D eigenvalue weighted by molar-refractivity contribution is -0.669. The molecule has 174 valence electrons. The molecule has 0 spiro atoms. The minimum Gasteiger partial charge on any atom is -1.00 e. The van der Waals surface area contributed by atoms with Crippen molar-refractivity contribution in [2.75, 3.05) is 20.0 Å². The second-order valence-electron chi connectivity index (χ2n) is 7.03. The van der Waals surface area contributed by atoms with Gasteiger partial charge in [-0.2, -0.15) is 0 Å². The molecular formula is C21H24BrN7O4. The SMILES string of the molecule is CCn1c(CNC(=O)c2nc3cc[nH]c3nc2N)[n+](CC(=O)OC)c2ccc(OC)cc21.[Br-]. The number of amides is 1. The number of benzene rings is 1. The number of hydrogen-bond acceptors (Lipinski definition) is 7. The first-order valence-electron chi connectivity index (χ1n) is 10.0. The summed E-state index contributed by atoms with van der Waals surface area (Å²) >= 11 is 0. The molecule has 0 fully saturated rings. The standard InChI is InChI=1S/C21H23N7O4.BrH/c1-4-27-15-9-12(31-2)5-6-14(15)28(11-17(29)32-3)16(27)10-24-21(30)18-19(22)26-20-13(25-18)7-8-23-20;/h5-9H,4,10-11H2,1-3H3,(H3-,22,23,24,25,26,30);1H. The molecule has 0 aliphatic heterocycles. The monoisotopic (exact) mass is 517 g/mol. The van der Waals surface area contributed by atoms with E-state index in [2.05, 4.69) is 20.3 Å². The second-order valence-corrected chi connectivity index (χ2v) is 7.03. The van der Waals surface area contributed by atoms with Crippen LogP contribution in [-0.2, 0) is 29.2 Å². The number of carbonyl (C=O) groups excluding carboxylic acids is 2. The van der Waals surface area contributed by atoms with Crippen molar-refractivity contribution >= 4 is 39.9 Å². The van der Waals surface area contributed by atoms with E-state index >= 15 is 0 Å². The Morgan fingerprint density at radius 3 is 2.73 bits per heavy atom. The highest BCUT2D eigenvalue weighted by Crippen LogP contribution is 2.21. The fraction of sp³-hybridized carbons (Fsp3) is 0.286. The van der Waals surface area contributed by atoms with Crippen LogP contribution in [0.25, 0.3) is 22.2 Å². The highest BCUT2D eigenvalue weighted by Gasteiger charge is 2.27. The van der Waals surface area contributed by atoms with Gasteiger partial charge in [-0.25, -0.2) is 23.9 Å². The molecule has 4 rings (SSSR count). The summed E-state index contributed by atoms with van der Waals surface area (Å²) in [6.07, 6.45) is 1.68. The summed E-state index contributed by atoms with van der Waals surface area (Å²) in [5.41, 5.74) is 8.71. The summed E-state index contributed by atoms with van der Waals surface area (Å²) in [4.78, 5) is 36.4. The normalized spacial score (nSPS) is 10.8. The third-order valence-electron chi connectivity index (χ3n) is 5.25. The van der Waals surface area contributed by atoms with E-state index in [1.54, 1.807) is 19.4 Å². The van der Waals surface area contributed by atoms with Gasteiger partial charge in [-0.1, -0.05) is 0 Å². The lowest BCUT2D eigenvalue weighted by Crippen LogP contribution is -3.00. The van der Waals surface area contributed by atoms with E-state index in [4.69, 9.17) is 15.2 Å². The molecule has 1 aromatic carbocycles. The van der Waals surface area contributed by atoms with Gasteiger partial charge >= 0.3 is 5.97 Å². The second kappa shape index (κ2) is 9.86. The average molecular weight is 518 g/mol. The first kappa shape index (κ1) is 24.0. The molecule has 0 radical (unpaired) electrons. The first-order valence-corrected chi connectivity index (χ1v) is 10.0. The summed E-state index contributed by atoms with van der Waals surface area (Å²) in [7, 11) is 2.93. The van der Waals surface area contributed by atoms with E-state index in [1.807, 2.05) is 34.3 Å². The number of aromatic amines is 1. The number of aromatic nitrogens is 5. The maximum Gasteiger partial charge on any atom is 0.348 e. The number of hydrogen-bond donors (Lipinski definition) is 3. The number of imidazole rings is 1. The molecule has 4 N–H and O–H groups in total. The van der Waals surface area contributed by atoms with E-state index in [0.29, 0.717) is 29.3 Å². The van der Waals surface area contributed by atoms with Crippen LogP contribution in [0.15, 0.2) is 30.5 Å². The van der Waals surface area contributed by atoms with Crippen molar-refractivity contribution in [3.05, 3.63) is 42.0 Å². The smallest absolute Gasteiger partial charge is 0.348 e. The Kier molecular flexibility index (Phi) is 7.16. The fourth-order valence-electron chi connectivity index (χ4n) is 3.71. The number of esters is 1. The molecule has 0 atom stereocenters. The Bertz CT molecular complexity index is 1330. The Hall–Kier alpha value is -3.67. The lowest BCUT2D eigenvalue weighted by Gasteiger charge is -2.07. The van der Waals surface area contributed by atoms with Gasteiger partial charge in [0.05, 0.1) is 20.8 Å². The van der Waals surface area contributed by atoms with Crippen LogP contribution in [0.5, 0.6) is 5.75 Å². The molecule has 12 heteroatoms. The lowest BCUT2D eigenvalue weighted by atomic mass is 10.3. The van der Waals surface area contributed by atoms with Gasteiger partial charge in [0.1, 0.15) is 17.8 Å². The van der Waals surface area contributed by atoms with Gasteiger partial charge in [-0.3, -0.25) is 4.79 Å². The number of rotatable bonds is 7. The number of ether oxygens (including phenoxy) is 2. The van der Waals surface area contributed by atoms with Crippen LogP contribution in [0.4, 0.5) is 5.82 Å². The highest BCUT2D eigenvalue weighted by atomic mass is 79.9. The molecule has 0 saturated carbocycles. The minimum absolute atomic E-state index is 0. The molecule has 0 aliphatic rings.